The first-order chi connectivity index (χ1) is 10.9. The van der Waals surface area contributed by atoms with Gasteiger partial charge in [-0.2, -0.15) is 13.2 Å². The summed E-state index contributed by atoms with van der Waals surface area (Å²) < 4.78 is 43.8. The number of ether oxygens (including phenoxy) is 1. The van der Waals surface area contributed by atoms with Crippen molar-refractivity contribution in [2.75, 3.05) is 44.2 Å². The molecule has 5 nitrogen and oxygen atoms in total. The van der Waals surface area contributed by atoms with E-state index in [1.54, 1.807) is 6.07 Å². The van der Waals surface area contributed by atoms with Gasteiger partial charge in [0.15, 0.2) is 0 Å². The van der Waals surface area contributed by atoms with Crippen LogP contribution >= 0.6 is 0 Å². The van der Waals surface area contributed by atoms with Gasteiger partial charge in [0.2, 0.25) is 0 Å². The number of aliphatic imine (C=N–C) groups is 1. The number of rotatable bonds is 3. The maximum Gasteiger partial charge on any atom is 0.416 e. The number of amidine groups is 1. The molecule has 1 atom stereocenters. The van der Waals surface area contributed by atoms with Gasteiger partial charge in [-0.15, -0.1) is 0 Å². The fraction of sp³-hybridized carbons (Fsp3) is 0.533. The molecule has 3 rings (SSSR count). The van der Waals surface area contributed by atoms with Crippen molar-refractivity contribution in [1.82, 2.24) is 4.90 Å². The first kappa shape index (κ1) is 15.9. The van der Waals surface area contributed by atoms with E-state index >= 15 is 0 Å². The standard InChI is InChI=1S/C15H19F3N4O/c16-15(17,18)11-2-1-3-12(8-11)22-6-4-21(5-7-22)10-13-9-20-14(19)23-13/h1-3,8,13H,4-7,9-10H2,(H2,19,20). The number of nitrogens with two attached hydrogens (primary N) is 1. The molecule has 0 bridgehead atoms. The molecule has 1 unspecified atom stereocenters. The molecule has 8 heteroatoms. The Morgan fingerprint density at radius 3 is 2.57 bits per heavy atom. The molecule has 1 saturated heterocycles. The van der Waals surface area contributed by atoms with E-state index in [9.17, 15) is 13.2 Å². The number of piperazine rings is 1. The summed E-state index contributed by atoms with van der Waals surface area (Å²) >= 11 is 0. The quantitative estimate of drug-likeness (QED) is 0.914. The van der Waals surface area contributed by atoms with Gasteiger partial charge in [0.1, 0.15) is 6.10 Å². The third kappa shape index (κ3) is 3.87. The van der Waals surface area contributed by atoms with Crippen LogP contribution in [0.2, 0.25) is 0 Å². The summed E-state index contributed by atoms with van der Waals surface area (Å²) in [4.78, 5) is 8.21. The van der Waals surface area contributed by atoms with Crippen molar-refractivity contribution in [3.05, 3.63) is 29.8 Å². The van der Waals surface area contributed by atoms with Crippen molar-refractivity contribution in [3.8, 4) is 0 Å². The first-order valence-electron chi connectivity index (χ1n) is 7.53. The zero-order valence-corrected chi connectivity index (χ0v) is 12.6. The van der Waals surface area contributed by atoms with Crippen LogP contribution in [0.5, 0.6) is 0 Å². The van der Waals surface area contributed by atoms with Gasteiger partial charge in [0.05, 0.1) is 12.1 Å². The lowest BCUT2D eigenvalue weighted by Gasteiger charge is -2.37. The van der Waals surface area contributed by atoms with Gasteiger partial charge in [-0.3, -0.25) is 4.90 Å². The predicted octanol–water partition coefficient (Wildman–Crippen LogP) is 1.54. The summed E-state index contributed by atoms with van der Waals surface area (Å²) in [6.07, 6.45) is -4.33. The van der Waals surface area contributed by atoms with E-state index in [1.807, 2.05) is 4.90 Å². The predicted molar refractivity (Wildman–Crippen MR) is 81.5 cm³/mol. The molecule has 1 aromatic carbocycles. The number of alkyl halides is 3. The molecule has 2 aliphatic heterocycles. The number of halogens is 3. The third-order valence-corrected chi connectivity index (χ3v) is 4.11. The number of benzene rings is 1. The van der Waals surface area contributed by atoms with Crippen molar-refractivity contribution >= 4 is 11.7 Å². The van der Waals surface area contributed by atoms with Crippen molar-refractivity contribution in [3.63, 3.8) is 0 Å². The molecule has 0 spiro atoms. The molecule has 126 valence electrons. The third-order valence-electron chi connectivity index (χ3n) is 4.11. The SMILES string of the molecule is NC1=NCC(CN2CCN(c3cccc(C(F)(F)F)c3)CC2)O1. The lowest BCUT2D eigenvalue weighted by Crippen LogP contribution is -2.49. The van der Waals surface area contributed by atoms with Crippen LogP contribution in [0.4, 0.5) is 18.9 Å². The van der Waals surface area contributed by atoms with Gasteiger partial charge >= 0.3 is 6.18 Å². The Morgan fingerprint density at radius 2 is 1.96 bits per heavy atom. The van der Waals surface area contributed by atoms with E-state index in [-0.39, 0.29) is 12.1 Å². The highest BCUT2D eigenvalue weighted by Gasteiger charge is 2.31. The molecule has 0 aromatic heterocycles. The molecular weight excluding hydrogens is 309 g/mol. The first-order valence-corrected chi connectivity index (χ1v) is 7.53. The van der Waals surface area contributed by atoms with E-state index in [4.69, 9.17) is 10.5 Å². The average Bonchev–Trinajstić information content (AvgIpc) is 2.92. The Morgan fingerprint density at radius 1 is 1.22 bits per heavy atom. The van der Waals surface area contributed by atoms with Crippen LogP contribution in [-0.2, 0) is 10.9 Å². The topological polar surface area (TPSA) is 54.1 Å². The van der Waals surface area contributed by atoms with E-state index in [0.29, 0.717) is 25.3 Å². The molecule has 0 saturated carbocycles. The molecule has 2 N–H and O–H groups in total. The fourth-order valence-corrected chi connectivity index (χ4v) is 2.89. The van der Waals surface area contributed by atoms with E-state index in [0.717, 1.165) is 25.7 Å². The van der Waals surface area contributed by atoms with Crippen LogP contribution in [0.15, 0.2) is 29.3 Å². The van der Waals surface area contributed by atoms with Crippen LogP contribution < -0.4 is 10.6 Å². The molecule has 0 amide bonds. The minimum Gasteiger partial charge on any atom is -0.459 e. The highest BCUT2D eigenvalue weighted by Crippen LogP contribution is 2.31. The highest BCUT2D eigenvalue weighted by atomic mass is 19.4. The molecular formula is C15H19F3N4O. The molecule has 0 aliphatic carbocycles. The summed E-state index contributed by atoms with van der Waals surface area (Å²) in [5.74, 6) is 0. The van der Waals surface area contributed by atoms with Crippen LogP contribution in [0.3, 0.4) is 0 Å². The molecule has 2 heterocycles. The molecule has 1 aromatic rings. The Balaban J connectivity index is 1.55. The van der Waals surface area contributed by atoms with Crippen molar-refractivity contribution in [1.29, 1.82) is 0 Å². The zero-order valence-electron chi connectivity index (χ0n) is 12.6. The smallest absolute Gasteiger partial charge is 0.416 e. The second-order valence-electron chi connectivity index (χ2n) is 5.75. The molecule has 0 radical (unpaired) electrons. The number of nitrogens with zero attached hydrogens (tertiary/aromatic N) is 3. The highest BCUT2D eigenvalue weighted by molar-refractivity contribution is 5.73. The van der Waals surface area contributed by atoms with E-state index < -0.39 is 11.7 Å². The van der Waals surface area contributed by atoms with Crippen molar-refractivity contribution in [2.24, 2.45) is 10.7 Å². The maximum absolute atomic E-state index is 12.8. The summed E-state index contributed by atoms with van der Waals surface area (Å²) in [6.45, 7) is 4.22. The minimum atomic E-state index is -4.31. The second kappa shape index (κ2) is 6.27. The van der Waals surface area contributed by atoms with E-state index in [1.165, 1.54) is 12.1 Å². The summed E-state index contributed by atoms with van der Waals surface area (Å²) in [7, 11) is 0. The van der Waals surface area contributed by atoms with Crippen LogP contribution in [-0.4, -0.2) is 56.3 Å². The Labute approximate surface area is 132 Å². The Hall–Kier alpha value is -1.96. The lowest BCUT2D eigenvalue weighted by atomic mass is 10.1. The molecule has 2 aliphatic rings. The maximum atomic E-state index is 12.8. The monoisotopic (exact) mass is 328 g/mol. The number of hydrogen-bond donors (Lipinski definition) is 1. The summed E-state index contributed by atoms with van der Waals surface area (Å²) in [5.41, 5.74) is 5.49. The van der Waals surface area contributed by atoms with Gasteiger partial charge in [0, 0.05) is 38.4 Å². The Kier molecular flexibility index (Phi) is 4.34. The van der Waals surface area contributed by atoms with Crippen LogP contribution in [0, 0.1) is 0 Å². The van der Waals surface area contributed by atoms with Crippen LogP contribution in [0.25, 0.3) is 0 Å². The molecule has 23 heavy (non-hydrogen) atoms. The Bertz CT molecular complexity index is 582. The largest absolute Gasteiger partial charge is 0.459 e. The van der Waals surface area contributed by atoms with Gasteiger partial charge in [0.25, 0.3) is 6.02 Å². The fourth-order valence-electron chi connectivity index (χ4n) is 2.89. The van der Waals surface area contributed by atoms with Crippen molar-refractivity contribution in [2.45, 2.75) is 12.3 Å². The van der Waals surface area contributed by atoms with Gasteiger partial charge < -0.3 is 15.4 Å². The van der Waals surface area contributed by atoms with Gasteiger partial charge in [-0.25, -0.2) is 4.99 Å². The minimum absolute atomic E-state index is 0.0184. The number of anilines is 1. The van der Waals surface area contributed by atoms with Gasteiger partial charge in [-0.05, 0) is 18.2 Å². The molecule has 1 fully saturated rings. The summed E-state index contributed by atoms with van der Waals surface area (Å²) in [5, 5.41) is 0. The average molecular weight is 328 g/mol. The van der Waals surface area contributed by atoms with Crippen LogP contribution in [0.1, 0.15) is 5.56 Å². The van der Waals surface area contributed by atoms with E-state index in [2.05, 4.69) is 9.89 Å². The summed E-state index contributed by atoms with van der Waals surface area (Å²) in [6, 6.07) is 5.72. The zero-order chi connectivity index (χ0) is 16.4. The lowest BCUT2D eigenvalue weighted by molar-refractivity contribution is -0.137. The van der Waals surface area contributed by atoms with Crippen molar-refractivity contribution < 1.29 is 17.9 Å². The number of hydrogen-bond acceptors (Lipinski definition) is 5. The second-order valence-corrected chi connectivity index (χ2v) is 5.75. The normalized spacial score (nSPS) is 22.8. The van der Waals surface area contributed by atoms with Gasteiger partial charge in [-0.1, -0.05) is 6.07 Å².